The fourth-order valence-electron chi connectivity index (χ4n) is 2.75. The smallest absolute Gasteiger partial charge is 0.335 e. The summed E-state index contributed by atoms with van der Waals surface area (Å²) in [6.07, 6.45) is -0.327. The molecule has 0 bridgehead atoms. The van der Waals surface area contributed by atoms with Gasteiger partial charge in [-0.3, -0.25) is 0 Å². The number of hydrogen-bond acceptors (Lipinski definition) is 3. The molecule has 0 fully saturated rings. The molecule has 124 valence electrons. The number of nitrogens with one attached hydrogen (secondary N) is 1. The van der Waals surface area contributed by atoms with Crippen LogP contribution in [0.15, 0.2) is 42.5 Å². The molecule has 0 radical (unpaired) electrons. The zero-order valence-corrected chi connectivity index (χ0v) is 13.9. The maximum atomic E-state index is 11.1. The Balaban J connectivity index is 1.98. The number of H-pyrrole nitrogens is 1. The molecule has 5 nitrogen and oxygen atoms in total. The van der Waals surface area contributed by atoms with Crippen LogP contribution in [0.25, 0.3) is 11.0 Å². The number of aromatic nitrogens is 2. The maximum absolute atomic E-state index is 11.1. The molecule has 1 aromatic heterocycles. The summed E-state index contributed by atoms with van der Waals surface area (Å²) in [6, 6.07) is 13.1. The summed E-state index contributed by atoms with van der Waals surface area (Å²) in [5.74, 6) is 0.175. The number of aromatic amines is 1. The summed E-state index contributed by atoms with van der Waals surface area (Å²) in [5.41, 5.74) is 3.90. The van der Waals surface area contributed by atoms with E-state index in [9.17, 15) is 4.79 Å². The van der Waals surface area contributed by atoms with Gasteiger partial charge in [0.25, 0.3) is 0 Å². The number of benzene rings is 2. The Morgan fingerprint density at radius 2 is 1.79 bits per heavy atom. The van der Waals surface area contributed by atoms with Crippen LogP contribution in [0.5, 0.6) is 0 Å². The van der Waals surface area contributed by atoms with Crippen LogP contribution in [0.3, 0.4) is 0 Å². The Kier molecular flexibility index (Phi) is 4.36. The summed E-state index contributed by atoms with van der Waals surface area (Å²) in [4.78, 5) is 18.8. The molecule has 0 aliphatic rings. The topological polar surface area (TPSA) is 75.2 Å². The third-order valence-electron chi connectivity index (χ3n) is 4.14. The van der Waals surface area contributed by atoms with Gasteiger partial charge in [-0.1, -0.05) is 38.1 Å². The zero-order valence-electron chi connectivity index (χ0n) is 13.9. The quantitative estimate of drug-likeness (QED) is 0.740. The Bertz CT molecular complexity index is 866. The maximum Gasteiger partial charge on any atom is 0.335 e. The molecule has 2 N–H and O–H groups in total. The minimum Gasteiger partial charge on any atom is -0.478 e. The SMILES string of the molecule is CO[C@@H](c1ccc(C(C)C)cc1)c1nc2ccc(C(=O)O)cc2[nH]1. The molecule has 0 saturated carbocycles. The van der Waals surface area contributed by atoms with E-state index in [4.69, 9.17) is 9.84 Å². The molecule has 0 spiro atoms. The van der Waals surface area contributed by atoms with Gasteiger partial charge in [-0.2, -0.15) is 0 Å². The van der Waals surface area contributed by atoms with Gasteiger partial charge in [0.05, 0.1) is 16.6 Å². The number of carboxylic acid groups (broad SMARTS) is 1. The average molecular weight is 324 g/mol. The van der Waals surface area contributed by atoms with E-state index in [-0.39, 0.29) is 11.7 Å². The van der Waals surface area contributed by atoms with Gasteiger partial charge in [-0.05, 0) is 35.2 Å². The number of aromatic carboxylic acids is 1. The number of carboxylic acids is 1. The first kappa shape index (κ1) is 16.2. The van der Waals surface area contributed by atoms with Crippen molar-refractivity contribution in [2.75, 3.05) is 7.11 Å². The lowest BCUT2D eigenvalue weighted by molar-refractivity contribution is 0.0697. The Morgan fingerprint density at radius 1 is 1.12 bits per heavy atom. The standard InChI is InChI=1S/C19H20N2O3/c1-11(2)12-4-6-13(7-5-12)17(24-3)18-20-15-9-8-14(19(22)23)10-16(15)21-18/h4-11,17H,1-3H3,(H,20,21)(H,22,23)/t17-/m0/s1. The summed E-state index contributed by atoms with van der Waals surface area (Å²) in [7, 11) is 1.64. The minimum atomic E-state index is -0.958. The van der Waals surface area contributed by atoms with Crippen LogP contribution in [0.4, 0.5) is 0 Å². The van der Waals surface area contributed by atoms with Crippen molar-refractivity contribution in [3.8, 4) is 0 Å². The van der Waals surface area contributed by atoms with Crippen LogP contribution in [-0.4, -0.2) is 28.2 Å². The monoisotopic (exact) mass is 324 g/mol. The lowest BCUT2D eigenvalue weighted by Crippen LogP contribution is -2.05. The molecule has 1 heterocycles. The van der Waals surface area contributed by atoms with Gasteiger partial charge in [0, 0.05) is 7.11 Å². The second-order valence-electron chi connectivity index (χ2n) is 6.10. The van der Waals surface area contributed by atoms with E-state index in [1.54, 1.807) is 25.3 Å². The number of hydrogen-bond donors (Lipinski definition) is 2. The van der Waals surface area contributed by atoms with Crippen molar-refractivity contribution in [3.63, 3.8) is 0 Å². The lowest BCUT2D eigenvalue weighted by atomic mass is 10.00. The van der Waals surface area contributed by atoms with E-state index < -0.39 is 5.97 Å². The molecule has 5 heteroatoms. The second-order valence-corrected chi connectivity index (χ2v) is 6.10. The zero-order chi connectivity index (χ0) is 17.3. The highest BCUT2D eigenvalue weighted by atomic mass is 16.5. The number of rotatable bonds is 5. The van der Waals surface area contributed by atoms with Crippen LogP contribution in [-0.2, 0) is 4.74 Å². The third kappa shape index (κ3) is 3.03. The fraction of sp³-hybridized carbons (Fsp3) is 0.263. The van der Waals surface area contributed by atoms with Crippen molar-refractivity contribution in [2.24, 2.45) is 0 Å². The summed E-state index contributed by atoms with van der Waals surface area (Å²) in [5, 5.41) is 9.10. The van der Waals surface area contributed by atoms with E-state index in [2.05, 4.69) is 35.9 Å². The number of carbonyl (C=O) groups is 1. The van der Waals surface area contributed by atoms with Crippen LogP contribution < -0.4 is 0 Å². The predicted molar refractivity (Wildman–Crippen MR) is 92.4 cm³/mol. The second kappa shape index (κ2) is 6.45. The third-order valence-corrected chi connectivity index (χ3v) is 4.14. The largest absolute Gasteiger partial charge is 0.478 e. The van der Waals surface area contributed by atoms with Crippen LogP contribution in [0.2, 0.25) is 0 Å². The Hall–Kier alpha value is -2.66. The van der Waals surface area contributed by atoms with Gasteiger partial charge < -0.3 is 14.8 Å². The van der Waals surface area contributed by atoms with Gasteiger partial charge in [0.15, 0.2) is 0 Å². The number of ether oxygens (including phenoxy) is 1. The highest BCUT2D eigenvalue weighted by Crippen LogP contribution is 2.27. The molecule has 24 heavy (non-hydrogen) atoms. The molecule has 0 unspecified atom stereocenters. The van der Waals surface area contributed by atoms with Crippen molar-refractivity contribution >= 4 is 17.0 Å². The van der Waals surface area contributed by atoms with Crippen LogP contribution >= 0.6 is 0 Å². The lowest BCUT2D eigenvalue weighted by Gasteiger charge is -2.14. The molecule has 0 saturated heterocycles. The highest BCUT2D eigenvalue weighted by molar-refractivity contribution is 5.92. The first-order chi connectivity index (χ1) is 11.5. The van der Waals surface area contributed by atoms with Gasteiger partial charge in [-0.15, -0.1) is 0 Å². The van der Waals surface area contributed by atoms with Crippen molar-refractivity contribution in [2.45, 2.75) is 25.9 Å². The van der Waals surface area contributed by atoms with E-state index in [1.807, 2.05) is 12.1 Å². The summed E-state index contributed by atoms with van der Waals surface area (Å²) in [6.45, 7) is 4.31. The number of nitrogens with zero attached hydrogens (tertiary/aromatic N) is 1. The van der Waals surface area contributed by atoms with Crippen LogP contribution in [0, 0.1) is 0 Å². The van der Waals surface area contributed by atoms with Crippen LogP contribution in [0.1, 0.15) is 53.2 Å². The van der Waals surface area contributed by atoms with Gasteiger partial charge in [0.2, 0.25) is 0 Å². The van der Waals surface area contributed by atoms with E-state index in [1.165, 1.54) is 5.56 Å². The van der Waals surface area contributed by atoms with E-state index in [0.29, 0.717) is 17.3 Å². The molecule has 3 aromatic rings. The van der Waals surface area contributed by atoms with Crippen molar-refractivity contribution in [1.82, 2.24) is 9.97 Å². The fourth-order valence-corrected chi connectivity index (χ4v) is 2.75. The normalized spacial score (nSPS) is 12.7. The molecule has 0 aliphatic carbocycles. The Morgan fingerprint density at radius 3 is 2.38 bits per heavy atom. The Labute approximate surface area is 140 Å². The summed E-state index contributed by atoms with van der Waals surface area (Å²) >= 11 is 0. The molecule has 1 atom stereocenters. The van der Waals surface area contributed by atoms with Gasteiger partial charge >= 0.3 is 5.97 Å². The number of methoxy groups -OCH3 is 1. The van der Waals surface area contributed by atoms with Crippen molar-refractivity contribution < 1.29 is 14.6 Å². The predicted octanol–water partition coefficient (Wildman–Crippen LogP) is 4.12. The molecular formula is C19H20N2O3. The van der Waals surface area contributed by atoms with Crippen molar-refractivity contribution in [1.29, 1.82) is 0 Å². The molecule has 3 rings (SSSR count). The minimum absolute atomic E-state index is 0.230. The van der Waals surface area contributed by atoms with Crippen molar-refractivity contribution in [3.05, 3.63) is 65.0 Å². The highest BCUT2D eigenvalue weighted by Gasteiger charge is 2.18. The first-order valence-corrected chi connectivity index (χ1v) is 7.85. The summed E-state index contributed by atoms with van der Waals surface area (Å²) < 4.78 is 5.62. The number of fused-ring (bicyclic) bond motifs is 1. The van der Waals surface area contributed by atoms with Gasteiger partial charge in [0.1, 0.15) is 11.9 Å². The molecular weight excluding hydrogens is 304 g/mol. The van der Waals surface area contributed by atoms with Gasteiger partial charge in [-0.25, -0.2) is 9.78 Å². The first-order valence-electron chi connectivity index (χ1n) is 7.85. The molecule has 0 amide bonds. The van der Waals surface area contributed by atoms with E-state index in [0.717, 1.165) is 11.1 Å². The average Bonchev–Trinajstić information content (AvgIpc) is 2.98. The van der Waals surface area contributed by atoms with E-state index >= 15 is 0 Å². The number of imidazole rings is 1. The molecule has 0 aliphatic heterocycles. The molecule has 2 aromatic carbocycles.